The average molecular weight is 351 g/mol. The van der Waals surface area contributed by atoms with Crippen molar-refractivity contribution < 1.29 is 14.3 Å². The highest BCUT2D eigenvalue weighted by atomic mass is 16.5. The lowest BCUT2D eigenvalue weighted by atomic mass is 9.88. The molecular formula is C22H25NO3. The molecule has 1 amide bonds. The lowest BCUT2D eigenvalue weighted by Gasteiger charge is -2.31. The summed E-state index contributed by atoms with van der Waals surface area (Å²) < 4.78 is 5.37. The molecular weight excluding hydrogens is 326 g/mol. The molecule has 4 heteroatoms. The summed E-state index contributed by atoms with van der Waals surface area (Å²) in [4.78, 5) is 27.1. The van der Waals surface area contributed by atoms with Crippen molar-refractivity contribution in [3.8, 4) is 5.75 Å². The fourth-order valence-corrected chi connectivity index (χ4v) is 3.55. The molecule has 0 spiro atoms. The number of benzene rings is 2. The zero-order valence-corrected chi connectivity index (χ0v) is 15.4. The van der Waals surface area contributed by atoms with E-state index >= 15 is 0 Å². The molecule has 2 aromatic carbocycles. The first-order valence-electron chi connectivity index (χ1n) is 9.09. The van der Waals surface area contributed by atoms with E-state index in [1.807, 2.05) is 60.4 Å². The van der Waals surface area contributed by atoms with Gasteiger partial charge in [0.2, 0.25) is 5.91 Å². The van der Waals surface area contributed by atoms with Crippen molar-refractivity contribution in [2.45, 2.75) is 26.2 Å². The van der Waals surface area contributed by atoms with Gasteiger partial charge >= 0.3 is 0 Å². The number of nitrogens with zero attached hydrogens (tertiary/aromatic N) is 1. The average Bonchev–Trinajstić information content (AvgIpc) is 2.68. The lowest BCUT2D eigenvalue weighted by molar-refractivity contribution is -0.131. The summed E-state index contributed by atoms with van der Waals surface area (Å²) >= 11 is 0. The van der Waals surface area contributed by atoms with Crippen LogP contribution in [0.25, 0.3) is 0 Å². The molecule has 0 aromatic heterocycles. The molecule has 0 atom stereocenters. The monoisotopic (exact) mass is 351 g/mol. The van der Waals surface area contributed by atoms with Crippen molar-refractivity contribution in [1.82, 2.24) is 4.90 Å². The fourth-order valence-electron chi connectivity index (χ4n) is 3.55. The Morgan fingerprint density at radius 2 is 1.77 bits per heavy atom. The third-order valence-corrected chi connectivity index (χ3v) is 5.05. The van der Waals surface area contributed by atoms with E-state index in [0.29, 0.717) is 19.5 Å². The number of hydrogen-bond acceptors (Lipinski definition) is 3. The number of piperidine rings is 1. The lowest BCUT2D eigenvalue weighted by Crippen LogP contribution is -2.41. The van der Waals surface area contributed by atoms with Gasteiger partial charge in [-0.1, -0.05) is 48.0 Å². The van der Waals surface area contributed by atoms with Gasteiger partial charge in [-0.3, -0.25) is 9.59 Å². The number of ether oxygens (including phenoxy) is 1. The highest BCUT2D eigenvalue weighted by molar-refractivity contribution is 5.98. The SMILES string of the molecule is COc1ccc(C)cc1CC(=O)N1CCC(C(=O)c2ccccc2)CC1. The molecule has 1 aliphatic heterocycles. The second kappa shape index (κ2) is 8.17. The van der Waals surface area contributed by atoms with Crippen LogP contribution in [-0.2, 0) is 11.2 Å². The summed E-state index contributed by atoms with van der Waals surface area (Å²) in [7, 11) is 1.62. The van der Waals surface area contributed by atoms with E-state index in [0.717, 1.165) is 35.3 Å². The molecule has 0 radical (unpaired) electrons. The summed E-state index contributed by atoms with van der Waals surface area (Å²) in [6.45, 7) is 3.28. The number of Topliss-reactive ketones (excluding diaryl/α,β-unsaturated/α-hetero) is 1. The quantitative estimate of drug-likeness (QED) is 0.772. The molecule has 136 valence electrons. The second-order valence-corrected chi connectivity index (χ2v) is 6.88. The van der Waals surface area contributed by atoms with Crippen molar-refractivity contribution in [2.24, 2.45) is 5.92 Å². The zero-order chi connectivity index (χ0) is 18.5. The van der Waals surface area contributed by atoms with Gasteiger partial charge in [-0.05, 0) is 25.8 Å². The van der Waals surface area contributed by atoms with E-state index in [4.69, 9.17) is 4.74 Å². The molecule has 0 unspecified atom stereocenters. The molecule has 3 rings (SSSR count). The zero-order valence-electron chi connectivity index (χ0n) is 15.4. The Balaban J connectivity index is 1.59. The third-order valence-electron chi connectivity index (χ3n) is 5.05. The topological polar surface area (TPSA) is 46.6 Å². The highest BCUT2D eigenvalue weighted by Gasteiger charge is 2.28. The summed E-state index contributed by atoms with van der Waals surface area (Å²) in [5.41, 5.74) is 2.79. The molecule has 4 nitrogen and oxygen atoms in total. The van der Waals surface area contributed by atoms with Crippen molar-refractivity contribution in [2.75, 3.05) is 20.2 Å². The number of ketones is 1. The summed E-state index contributed by atoms with van der Waals surface area (Å²) in [6.07, 6.45) is 1.79. The van der Waals surface area contributed by atoms with Crippen LogP contribution in [0.4, 0.5) is 0 Å². The van der Waals surface area contributed by atoms with Crippen molar-refractivity contribution in [3.63, 3.8) is 0 Å². The number of amides is 1. The van der Waals surface area contributed by atoms with Crippen molar-refractivity contribution >= 4 is 11.7 Å². The van der Waals surface area contributed by atoms with Crippen LogP contribution in [0.3, 0.4) is 0 Å². The van der Waals surface area contributed by atoms with Crippen LogP contribution in [0.15, 0.2) is 48.5 Å². The Kier molecular flexibility index (Phi) is 5.71. The summed E-state index contributed by atoms with van der Waals surface area (Å²) in [5.74, 6) is 1.05. The number of likely N-dealkylation sites (tertiary alicyclic amines) is 1. The molecule has 1 saturated heterocycles. The van der Waals surface area contributed by atoms with Gasteiger partial charge in [-0.2, -0.15) is 0 Å². The molecule has 0 saturated carbocycles. The highest BCUT2D eigenvalue weighted by Crippen LogP contribution is 2.24. The van der Waals surface area contributed by atoms with Crippen molar-refractivity contribution in [3.05, 3.63) is 65.2 Å². The molecule has 0 N–H and O–H groups in total. The van der Waals surface area contributed by atoms with E-state index in [2.05, 4.69) is 0 Å². The van der Waals surface area contributed by atoms with E-state index in [1.54, 1.807) is 7.11 Å². The van der Waals surface area contributed by atoms with E-state index in [-0.39, 0.29) is 17.6 Å². The number of aryl methyl sites for hydroxylation is 1. The van der Waals surface area contributed by atoms with Crippen LogP contribution in [0.1, 0.15) is 34.3 Å². The van der Waals surface area contributed by atoms with Gasteiger partial charge in [-0.25, -0.2) is 0 Å². The summed E-state index contributed by atoms with van der Waals surface area (Å²) in [5, 5.41) is 0. The first-order valence-corrected chi connectivity index (χ1v) is 9.09. The smallest absolute Gasteiger partial charge is 0.227 e. The molecule has 0 bridgehead atoms. The summed E-state index contributed by atoms with van der Waals surface area (Å²) in [6, 6.07) is 15.3. The Hall–Kier alpha value is -2.62. The maximum absolute atomic E-state index is 12.7. The Bertz CT molecular complexity index is 777. The van der Waals surface area contributed by atoms with Crippen LogP contribution in [-0.4, -0.2) is 36.8 Å². The van der Waals surface area contributed by atoms with Gasteiger partial charge in [0, 0.05) is 30.1 Å². The Morgan fingerprint density at radius 3 is 2.42 bits per heavy atom. The Morgan fingerprint density at radius 1 is 1.08 bits per heavy atom. The first-order chi connectivity index (χ1) is 12.6. The van der Waals surface area contributed by atoms with Crippen LogP contribution in [0, 0.1) is 12.8 Å². The van der Waals surface area contributed by atoms with Crippen molar-refractivity contribution in [1.29, 1.82) is 0 Å². The van der Waals surface area contributed by atoms with Crippen LogP contribution < -0.4 is 4.74 Å². The second-order valence-electron chi connectivity index (χ2n) is 6.88. The van der Waals surface area contributed by atoms with Gasteiger partial charge in [0.25, 0.3) is 0 Å². The number of hydrogen-bond donors (Lipinski definition) is 0. The first kappa shape index (κ1) is 18.2. The van der Waals surface area contributed by atoms with Crippen LogP contribution >= 0.6 is 0 Å². The number of rotatable bonds is 5. The minimum absolute atomic E-state index is 0.00922. The van der Waals surface area contributed by atoms with E-state index in [1.165, 1.54) is 0 Å². The maximum atomic E-state index is 12.7. The maximum Gasteiger partial charge on any atom is 0.227 e. The predicted octanol–water partition coefficient (Wildman–Crippen LogP) is 3.67. The third kappa shape index (κ3) is 4.13. The largest absolute Gasteiger partial charge is 0.496 e. The van der Waals surface area contributed by atoms with E-state index < -0.39 is 0 Å². The van der Waals surface area contributed by atoms with Gasteiger partial charge in [0.15, 0.2) is 5.78 Å². The van der Waals surface area contributed by atoms with Crippen LogP contribution in [0.2, 0.25) is 0 Å². The molecule has 2 aromatic rings. The van der Waals surface area contributed by atoms with Gasteiger partial charge in [0.05, 0.1) is 13.5 Å². The molecule has 1 aliphatic rings. The predicted molar refractivity (Wildman–Crippen MR) is 102 cm³/mol. The molecule has 1 heterocycles. The van der Waals surface area contributed by atoms with E-state index in [9.17, 15) is 9.59 Å². The van der Waals surface area contributed by atoms with Gasteiger partial charge < -0.3 is 9.64 Å². The van der Waals surface area contributed by atoms with Gasteiger partial charge in [-0.15, -0.1) is 0 Å². The minimum Gasteiger partial charge on any atom is -0.496 e. The Labute approximate surface area is 154 Å². The molecule has 0 aliphatic carbocycles. The number of carbonyl (C=O) groups excluding carboxylic acids is 2. The minimum atomic E-state index is 0.00922. The standard InChI is InChI=1S/C22H25NO3/c1-16-8-9-20(26-2)19(14-16)15-21(24)23-12-10-18(11-13-23)22(25)17-6-4-3-5-7-17/h3-9,14,18H,10-13,15H2,1-2H3. The van der Waals surface area contributed by atoms with Gasteiger partial charge in [0.1, 0.15) is 5.75 Å². The fraction of sp³-hybridized carbons (Fsp3) is 0.364. The molecule has 1 fully saturated rings. The number of carbonyl (C=O) groups is 2. The normalized spacial score (nSPS) is 14.9. The van der Waals surface area contributed by atoms with Crippen LogP contribution in [0.5, 0.6) is 5.75 Å². The number of methoxy groups -OCH3 is 1. The molecule has 26 heavy (non-hydrogen) atoms.